The van der Waals surface area contributed by atoms with Crippen LogP contribution in [0.25, 0.3) is 0 Å². The van der Waals surface area contributed by atoms with E-state index in [1.165, 1.54) is 12.2 Å². The second kappa shape index (κ2) is 3.12. The fourth-order valence-electron chi connectivity index (χ4n) is 1.64. The van der Waals surface area contributed by atoms with Crippen LogP contribution in [0.2, 0.25) is 0 Å². The van der Waals surface area contributed by atoms with E-state index in [0.717, 1.165) is 12.0 Å². The van der Waals surface area contributed by atoms with Crippen molar-refractivity contribution >= 4 is 0 Å². The molecule has 80 valence electrons. The Morgan fingerprint density at radius 2 is 1.60 bits per heavy atom. The summed E-state index contributed by atoms with van der Waals surface area (Å²) in [6.45, 7) is 1.98. The lowest BCUT2D eigenvalue weighted by molar-refractivity contribution is -0.153. The smallest absolute Gasteiger partial charge is 0.169 e. The van der Waals surface area contributed by atoms with Crippen molar-refractivity contribution in [3.63, 3.8) is 0 Å². The molecule has 15 heavy (non-hydrogen) atoms. The van der Waals surface area contributed by atoms with Crippen LogP contribution in [0.3, 0.4) is 0 Å². The molecule has 0 aliphatic heterocycles. The highest BCUT2D eigenvalue weighted by Gasteiger charge is 2.58. The Kier molecular flexibility index (Phi) is 2.14. The van der Waals surface area contributed by atoms with E-state index in [0.29, 0.717) is 5.56 Å². The first-order valence-electron chi connectivity index (χ1n) is 4.86. The van der Waals surface area contributed by atoms with Gasteiger partial charge in [0.25, 0.3) is 0 Å². The van der Waals surface area contributed by atoms with Crippen LogP contribution in [0.4, 0.5) is 13.2 Å². The molecule has 0 amide bonds. The average Bonchev–Trinajstić information content (AvgIpc) is 2.98. The van der Waals surface area contributed by atoms with E-state index >= 15 is 0 Å². The Hall–Kier alpha value is -1.25. The Morgan fingerprint density at radius 3 is 1.93 bits per heavy atom. The lowest BCUT2D eigenvalue weighted by Gasteiger charge is -2.20. The minimum Gasteiger partial charge on any atom is -0.169 e. The van der Waals surface area contributed by atoms with Crippen molar-refractivity contribution < 1.29 is 13.2 Å². The van der Waals surface area contributed by atoms with Gasteiger partial charge in [-0.2, -0.15) is 13.2 Å². The molecule has 0 N–H and O–H groups in total. The molecule has 1 aliphatic carbocycles. The molecule has 1 aromatic carbocycles. The van der Waals surface area contributed by atoms with E-state index in [1.807, 2.05) is 6.92 Å². The number of aryl methyl sites for hydroxylation is 1. The van der Waals surface area contributed by atoms with Crippen molar-refractivity contribution in [2.45, 2.75) is 24.9 Å². The van der Waals surface area contributed by atoms with Gasteiger partial charge in [-0.15, -0.1) is 0 Å². The highest BCUT2D eigenvalue weighted by molar-refractivity contribution is 5.50. The van der Waals surface area contributed by atoms with Gasteiger partial charge in [-0.05, 0) is 17.5 Å². The first-order chi connectivity index (χ1) is 6.99. The van der Waals surface area contributed by atoms with Gasteiger partial charge in [0.05, 0.1) is 0 Å². The molecule has 0 bridgehead atoms. The largest absolute Gasteiger partial charge is 0.405 e. The molecule has 0 aromatic heterocycles. The summed E-state index contributed by atoms with van der Waals surface area (Å²) in [7, 11) is 0. The summed E-state index contributed by atoms with van der Waals surface area (Å²) in [5.74, 6) is 0. The summed E-state index contributed by atoms with van der Waals surface area (Å²) in [5.41, 5.74) is -0.414. The van der Waals surface area contributed by atoms with Gasteiger partial charge < -0.3 is 0 Å². The molecule has 0 saturated heterocycles. The highest BCUT2D eigenvalue weighted by Crippen LogP contribution is 2.51. The average molecular weight is 212 g/mol. The predicted molar refractivity (Wildman–Crippen MR) is 52.7 cm³/mol. The van der Waals surface area contributed by atoms with Gasteiger partial charge in [0.15, 0.2) is 0 Å². The van der Waals surface area contributed by atoms with Crippen LogP contribution < -0.4 is 0 Å². The van der Waals surface area contributed by atoms with Crippen molar-refractivity contribution in [3.05, 3.63) is 47.5 Å². The third-order valence-corrected chi connectivity index (χ3v) is 2.81. The molecule has 0 unspecified atom stereocenters. The number of benzene rings is 1. The van der Waals surface area contributed by atoms with Crippen LogP contribution in [0, 0.1) is 0 Å². The van der Waals surface area contributed by atoms with Gasteiger partial charge >= 0.3 is 6.18 Å². The fourth-order valence-corrected chi connectivity index (χ4v) is 1.64. The maximum atomic E-state index is 12.7. The maximum absolute atomic E-state index is 12.7. The van der Waals surface area contributed by atoms with Crippen molar-refractivity contribution in [2.75, 3.05) is 0 Å². The first-order valence-corrected chi connectivity index (χ1v) is 4.86. The van der Waals surface area contributed by atoms with Crippen LogP contribution in [0.1, 0.15) is 18.1 Å². The minimum atomic E-state index is -4.21. The van der Waals surface area contributed by atoms with Gasteiger partial charge in [-0.25, -0.2) is 0 Å². The van der Waals surface area contributed by atoms with E-state index in [4.69, 9.17) is 0 Å². The number of hydrogen-bond acceptors (Lipinski definition) is 0. The maximum Gasteiger partial charge on any atom is 0.405 e. The van der Waals surface area contributed by atoms with Gasteiger partial charge in [-0.1, -0.05) is 43.3 Å². The van der Waals surface area contributed by atoms with E-state index in [1.54, 1.807) is 24.3 Å². The molecular weight excluding hydrogens is 201 g/mol. The van der Waals surface area contributed by atoms with Gasteiger partial charge in [0.2, 0.25) is 0 Å². The standard InChI is InChI=1S/C12H11F3/c1-2-9-3-5-10(6-4-9)11(7-8-11)12(13,14)15/h3-8H,2H2,1H3. The molecule has 1 aliphatic rings. The van der Waals surface area contributed by atoms with Crippen LogP contribution in [-0.4, -0.2) is 6.18 Å². The number of alkyl halides is 3. The van der Waals surface area contributed by atoms with E-state index in [-0.39, 0.29) is 0 Å². The van der Waals surface area contributed by atoms with Gasteiger partial charge in [-0.3, -0.25) is 0 Å². The normalized spacial score (nSPS) is 17.9. The molecule has 0 nitrogen and oxygen atoms in total. The quantitative estimate of drug-likeness (QED) is 0.657. The lowest BCUT2D eigenvalue weighted by Crippen LogP contribution is -2.30. The van der Waals surface area contributed by atoms with Crippen LogP contribution >= 0.6 is 0 Å². The number of rotatable bonds is 2. The van der Waals surface area contributed by atoms with Crippen LogP contribution in [-0.2, 0) is 11.8 Å². The topological polar surface area (TPSA) is 0 Å². The molecular formula is C12H11F3. The van der Waals surface area contributed by atoms with E-state index in [2.05, 4.69) is 0 Å². The van der Waals surface area contributed by atoms with Crippen LogP contribution in [0.5, 0.6) is 0 Å². The summed E-state index contributed by atoms with van der Waals surface area (Å²) in [6, 6.07) is 6.63. The SMILES string of the molecule is CCc1ccc(C2(C(F)(F)F)C=C2)cc1. The first kappa shape index (κ1) is 10.3. The number of halogens is 3. The zero-order valence-electron chi connectivity index (χ0n) is 8.31. The molecule has 3 heteroatoms. The molecule has 0 atom stereocenters. The third-order valence-electron chi connectivity index (χ3n) is 2.81. The van der Waals surface area contributed by atoms with Crippen molar-refractivity contribution in [2.24, 2.45) is 0 Å². The molecule has 1 aromatic rings. The number of hydrogen-bond donors (Lipinski definition) is 0. The summed E-state index contributed by atoms with van der Waals surface area (Å²) in [4.78, 5) is 0. The summed E-state index contributed by atoms with van der Waals surface area (Å²) in [5, 5.41) is 0. The second-order valence-electron chi connectivity index (χ2n) is 3.75. The lowest BCUT2D eigenvalue weighted by atomic mass is 9.92. The molecule has 0 fully saturated rings. The third kappa shape index (κ3) is 1.56. The Bertz CT molecular complexity index is 378. The van der Waals surface area contributed by atoms with Crippen LogP contribution in [0.15, 0.2) is 36.4 Å². The molecule has 0 saturated carbocycles. The zero-order valence-corrected chi connectivity index (χ0v) is 8.31. The number of allylic oxidation sites excluding steroid dienone is 2. The molecule has 2 rings (SSSR count). The van der Waals surface area contributed by atoms with Gasteiger partial charge in [0, 0.05) is 0 Å². The Balaban J connectivity index is 2.31. The predicted octanol–water partition coefficient (Wildman–Crippen LogP) is 3.62. The monoisotopic (exact) mass is 212 g/mol. The van der Waals surface area contributed by atoms with E-state index < -0.39 is 11.6 Å². The molecule has 0 spiro atoms. The highest BCUT2D eigenvalue weighted by atomic mass is 19.4. The second-order valence-corrected chi connectivity index (χ2v) is 3.75. The van der Waals surface area contributed by atoms with Gasteiger partial charge in [0.1, 0.15) is 5.41 Å². The van der Waals surface area contributed by atoms with E-state index in [9.17, 15) is 13.2 Å². The minimum absolute atomic E-state index is 0.312. The van der Waals surface area contributed by atoms with Crippen molar-refractivity contribution in [3.8, 4) is 0 Å². The fraction of sp³-hybridized carbons (Fsp3) is 0.333. The Morgan fingerprint density at radius 1 is 1.07 bits per heavy atom. The van der Waals surface area contributed by atoms with Crippen molar-refractivity contribution in [1.29, 1.82) is 0 Å². The molecule has 0 radical (unpaired) electrons. The zero-order chi connectivity index (χ0) is 11.1. The summed E-state index contributed by atoms with van der Waals surface area (Å²) in [6.07, 6.45) is -0.963. The Labute approximate surface area is 86.4 Å². The van der Waals surface area contributed by atoms with Crippen molar-refractivity contribution in [1.82, 2.24) is 0 Å². The summed E-state index contributed by atoms with van der Waals surface area (Å²) >= 11 is 0. The summed E-state index contributed by atoms with van der Waals surface area (Å²) < 4.78 is 38.1. The molecule has 0 heterocycles.